The lowest BCUT2D eigenvalue weighted by molar-refractivity contribution is -0.131. The third-order valence-corrected chi connectivity index (χ3v) is 10.5. The topological polar surface area (TPSA) is 133 Å². The van der Waals surface area contributed by atoms with E-state index in [1.54, 1.807) is 0 Å². The number of benzene rings is 2. The predicted molar refractivity (Wildman–Crippen MR) is 136 cm³/mol. The van der Waals surface area contributed by atoms with Gasteiger partial charge in [0.05, 0.1) is 20.8 Å². The molecule has 2 amide bonds. The Hall–Kier alpha value is -2.67. The molecular weight excluding hydrogens is 561 g/mol. The molecule has 6 atom stereocenters. The molecule has 0 aromatic heterocycles. The van der Waals surface area contributed by atoms with E-state index in [9.17, 15) is 41.4 Å². The maximum Gasteiger partial charge on any atom is 0.255 e. The molecule has 2 aromatic rings. The Kier molecular flexibility index (Phi) is 8.06. The number of hydrogen-bond acceptors (Lipinski definition) is 6. The minimum absolute atomic E-state index is 0.0345. The Morgan fingerprint density at radius 1 is 1.13 bits per heavy atom. The van der Waals surface area contributed by atoms with Gasteiger partial charge in [0, 0.05) is 29.9 Å². The summed E-state index contributed by atoms with van der Waals surface area (Å²) >= 11 is 6.24. The fraction of sp³-hybridized carbons (Fsp3) is 0.462. The molecule has 2 aliphatic rings. The van der Waals surface area contributed by atoms with Crippen LogP contribution in [0.25, 0.3) is 0 Å². The van der Waals surface area contributed by atoms with Gasteiger partial charge in [-0.1, -0.05) is 18.5 Å². The minimum Gasteiger partial charge on any atom is -0.387 e. The van der Waals surface area contributed by atoms with Gasteiger partial charge in [0.25, 0.3) is 5.91 Å². The number of hydrogen-bond donors (Lipinski definition) is 4. The molecule has 13 heteroatoms. The lowest BCUT2D eigenvalue weighted by Crippen LogP contribution is -2.56. The van der Waals surface area contributed by atoms with Crippen molar-refractivity contribution < 1.29 is 41.4 Å². The van der Waals surface area contributed by atoms with E-state index < -0.39 is 67.9 Å². The van der Waals surface area contributed by atoms with E-state index in [4.69, 9.17) is 11.6 Å². The molecule has 2 aliphatic carbocycles. The van der Waals surface area contributed by atoms with Crippen molar-refractivity contribution in [1.29, 1.82) is 0 Å². The van der Waals surface area contributed by atoms with Gasteiger partial charge in [0.1, 0.15) is 6.10 Å². The lowest BCUT2D eigenvalue weighted by Gasteiger charge is -2.43. The van der Waals surface area contributed by atoms with Gasteiger partial charge in [-0.05, 0) is 62.1 Å². The van der Waals surface area contributed by atoms with Crippen LogP contribution in [-0.2, 0) is 14.6 Å². The van der Waals surface area contributed by atoms with Crippen molar-refractivity contribution >= 4 is 38.9 Å². The number of carbonyl (C=O) groups excluding carboxylic acids is 2. The molecule has 2 saturated carbocycles. The predicted octanol–water partition coefficient (Wildman–Crippen LogP) is 3.45. The number of sulfone groups is 1. The molecule has 4 N–H and O–H groups in total. The maximum atomic E-state index is 13.7. The number of halogens is 4. The summed E-state index contributed by atoms with van der Waals surface area (Å²) in [7, 11) is -4.10. The summed E-state index contributed by atoms with van der Waals surface area (Å²) in [6.07, 6.45) is -0.542. The summed E-state index contributed by atoms with van der Waals surface area (Å²) in [6, 6.07) is 4.71. The fourth-order valence-electron chi connectivity index (χ4n) is 5.82. The summed E-state index contributed by atoms with van der Waals surface area (Å²) in [4.78, 5) is 24.3. The quantitative estimate of drug-likeness (QED) is 0.366. The maximum absolute atomic E-state index is 13.7. The van der Waals surface area contributed by atoms with Crippen LogP contribution >= 0.6 is 11.6 Å². The van der Waals surface area contributed by atoms with Crippen LogP contribution in [0.5, 0.6) is 0 Å². The van der Waals surface area contributed by atoms with Crippen molar-refractivity contribution in [2.45, 2.75) is 55.0 Å². The molecule has 2 bridgehead atoms. The fourth-order valence-corrected chi connectivity index (χ4v) is 8.20. The molecule has 4 rings (SSSR count). The summed E-state index contributed by atoms with van der Waals surface area (Å²) in [6.45, 7) is 3.08. The monoisotopic (exact) mass is 588 g/mol. The number of carbonyl (C=O) groups is 2. The first-order valence-electron chi connectivity index (χ1n) is 12.3. The lowest BCUT2D eigenvalue weighted by atomic mass is 9.73. The van der Waals surface area contributed by atoms with Crippen LogP contribution in [0.3, 0.4) is 0 Å². The van der Waals surface area contributed by atoms with Gasteiger partial charge in [-0.15, -0.1) is 0 Å². The normalized spacial score (nSPS) is 27.2. The first-order chi connectivity index (χ1) is 18.1. The van der Waals surface area contributed by atoms with E-state index in [1.807, 2.05) is 6.92 Å². The summed E-state index contributed by atoms with van der Waals surface area (Å²) in [5.41, 5.74) is -1.87. The van der Waals surface area contributed by atoms with E-state index in [0.29, 0.717) is 18.6 Å². The Morgan fingerprint density at radius 3 is 2.36 bits per heavy atom. The van der Waals surface area contributed by atoms with Crippen LogP contribution in [0.4, 0.5) is 18.9 Å². The highest BCUT2D eigenvalue weighted by Gasteiger charge is 2.58. The summed E-state index contributed by atoms with van der Waals surface area (Å²) < 4.78 is 67.7. The zero-order valence-corrected chi connectivity index (χ0v) is 22.6. The highest BCUT2D eigenvalue weighted by molar-refractivity contribution is 7.92. The van der Waals surface area contributed by atoms with Gasteiger partial charge in [0.15, 0.2) is 27.3 Å². The van der Waals surface area contributed by atoms with E-state index in [0.717, 1.165) is 6.07 Å². The van der Waals surface area contributed by atoms with Crippen LogP contribution in [0.1, 0.15) is 43.5 Å². The average molecular weight is 589 g/mol. The number of fused-ring (bicyclic) bond motifs is 2. The molecule has 2 unspecified atom stereocenters. The Bertz CT molecular complexity index is 1400. The third-order valence-electron chi connectivity index (χ3n) is 7.86. The van der Waals surface area contributed by atoms with Gasteiger partial charge >= 0.3 is 0 Å². The number of aliphatic hydroxyl groups excluding tert-OH is 1. The zero-order chi connectivity index (χ0) is 28.9. The second-order valence-corrected chi connectivity index (χ2v) is 13.0. The SMILES string of the molecule is C[C@H](O)C(=O)NC[C@@]1(O)C2C[C@@H](S(=O)(=O)c3cc(C(=O)Nc4cc(F)c(F)c(F)c4)ccc3Cl)CC1[C@@H](C)C2. The minimum atomic E-state index is -4.10. The zero-order valence-electron chi connectivity index (χ0n) is 21.0. The van der Waals surface area contributed by atoms with Crippen molar-refractivity contribution in [2.75, 3.05) is 11.9 Å². The molecule has 212 valence electrons. The molecule has 0 radical (unpaired) electrons. The molecule has 0 aliphatic heterocycles. The molecule has 2 fully saturated rings. The number of rotatable bonds is 7. The Morgan fingerprint density at radius 2 is 1.77 bits per heavy atom. The highest BCUT2D eigenvalue weighted by atomic mass is 35.5. The van der Waals surface area contributed by atoms with Crippen LogP contribution in [-0.4, -0.2) is 53.9 Å². The number of nitrogens with one attached hydrogen (secondary N) is 2. The molecule has 0 spiro atoms. The van der Waals surface area contributed by atoms with Crippen LogP contribution in [0.2, 0.25) is 5.02 Å². The van der Waals surface area contributed by atoms with Gasteiger partial charge in [-0.3, -0.25) is 9.59 Å². The summed E-state index contributed by atoms with van der Waals surface area (Å²) in [5.74, 6) is -7.18. The Balaban J connectivity index is 1.56. The van der Waals surface area contributed by atoms with Crippen molar-refractivity contribution in [3.8, 4) is 0 Å². The largest absolute Gasteiger partial charge is 0.387 e. The number of anilines is 1. The first-order valence-corrected chi connectivity index (χ1v) is 14.2. The molecule has 2 aromatic carbocycles. The molecule has 39 heavy (non-hydrogen) atoms. The molecule has 8 nitrogen and oxygen atoms in total. The van der Waals surface area contributed by atoms with E-state index in [2.05, 4.69) is 10.6 Å². The van der Waals surface area contributed by atoms with E-state index >= 15 is 0 Å². The molecule has 0 saturated heterocycles. The Labute approximate surface area is 228 Å². The van der Waals surface area contributed by atoms with Gasteiger partial charge < -0.3 is 20.8 Å². The van der Waals surface area contributed by atoms with E-state index in [1.165, 1.54) is 19.1 Å². The van der Waals surface area contributed by atoms with Crippen LogP contribution in [0.15, 0.2) is 35.2 Å². The third kappa shape index (κ3) is 5.52. The smallest absolute Gasteiger partial charge is 0.255 e. The van der Waals surface area contributed by atoms with Crippen molar-refractivity contribution in [1.82, 2.24) is 5.32 Å². The number of amides is 2. The number of aliphatic hydroxyl groups is 2. The van der Waals surface area contributed by atoms with Gasteiger partial charge in [-0.2, -0.15) is 0 Å². The second-order valence-electron chi connectivity index (χ2n) is 10.4. The second kappa shape index (κ2) is 10.7. The first kappa shape index (κ1) is 29.3. The molecular formula is C26H28ClF3N2O6S. The highest BCUT2D eigenvalue weighted by Crippen LogP contribution is 2.54. The van der Waals surface area contributed by atoms with Crippen LogP contribution in [0, 0.1) is 35.2 Å². The van der Waals surface area contributed by atoms with Crippen LogP contribution < -0.4 is 10.6 Å². The van der Waals surface area contributed by atoms with Gasteiger partial charge in [0.2, 0.25) is 5.91 Å². The van der Waals surface area contributed by atoms with Gasteiger partial charge in [-0.25, -0.2) is 21.6 Å². The van der Waals surface area contributed by atoms with Crippen molar-refractivity contribution in [2.24, 2.45) is 17.8 Å². The van der Waals surface area contributed by atoms with Crippen molar-refractivity contribution in [3.05, 3.63) is 58.4 Å². The van der Waals surface area contributed by atoms with Crippen molar-refractivity contribution in [3.63, 3.8) is 0 Å². The summed E-state index contributed by atoms with van der Waals surface area (Å²) in [5, 5.41) is 24.6. The average Bonchev–Trinajstić information content (AvgIpc) is 2.98. The molecule has 0 heterocycles. The standard InChI is InChI=1S/C26H28ClF3N2O6S/c1-12-5-15-7-17(10-18(12)26(15,36)11-31-24(34)13(2)33)39(37,38)22-6-14(3-4-19(22)27)25(35)32-16-8-20(28)23(30)21(29)9-16/h3-4,6,8-9,12-13,15,17-18,33,36H,5,7,10-11H2,1-2H3,(H,31,34)(H,32,35)/t12-,13-,15?,17+,18?,26+/m0/s1. The van der Waals surface area contributed by atoms with E-state index in [-0.39, 0.29) is 46.5 Å².